The molecule has 1 aromatic carbocycles. The van der Waals surface area contributed by atoms with Crippen LogP contribution in [0.15, 0.2) is 36.5 Å². The molecule has 0 unspecified atom stereocenters. The van der Waals surface area contributed by atoms with Gasteiger partial charge in [-0.3, -0.25) is 4.79 Å². The van der Waals surface area contributed by atoms with Gasteiger partial charge in [-0.15, -0.1) is 0 Å². The maximum Gasteiger partial charge on any atom is 0.216 e. The SMILES string of the molecule is COc1cc(C#N)ccc1OCC(=O)c1cccn1C. The lowest BCUT2D eigenvalue weighted by Gasteiger charge is -2.10. The second-order valence-electron chi connectivity index (χ2n) is 4.19. The Morgan fingerprint density at radius 2 is 2.15 bits per heavy atom. The van der Waals surface area contributed by atoms with E-state index in [1.807, 2.05) is 6.07 Å². The normalized spacial score (nSPS) is 9.85. The van der Waals surface area contributed by atoms with Gasteiger partial charge in [0.2, 0.25) is 5.78 Å². The summed E-state index contributed by atoms with van der Waals surface area (Å²) in [6.07, 6.45) is 1.80. The van der Waals surface area contributed by atoms with Crippen LogP contribution in [0, 0.1) is 11.3 Å². The Bertz CT molecular complexity index is 668. The van der Waals surface area contributed by atoms with Crippen LogP contribution < -0.4 is 9.47 Å². The van der Waals surface area contributed by atoms with E-state index in [0.717, 1.165) is 0 Å². The fraction of sp³-hybridized carbons (Fsp3) is 0.200. The first-order valence-corrected chi connectivity index (χ1v) is 6.01. The van der Waals surface area contributed by atoms with E-state index in [1.54, 1.807) is 48.1 Å². The second kappa shape index (κ2) is 5.93. The molecule has 5 heteroatoms. The first kappa shape index (κ1) is 13.7. The van der Waals surface area contributed by atoms with E-state index in [9.17, 15) is 4.79 Å². The molecule has 5 nitrogen and oxygen atoms in total. The van der Waals surface area contributed by atoms with E-state index < -0.39 is 0 Å². The lowest BCUT2D eigenvalue weighted by atomic mass is 10.2. The Morgan fingerprint density at radius 3 is 2.75 bits per heavy atom. The number of hydrogen-bond donors (Lipinski definition) is 0. The number of nitriles is 1. The van der Waals surface area contributed by atoms with Crippen molar-refractivity contribution in [2.75, 3.05) is 13.7 Å². The molecule has 0 saturated heterocycles. The van der Waals surface area contributed by atoms with Gasteiger partial charge in [-0.1, -0.05) is 0 Å². The first-order valence-electron chi connectivity index (χ1n) is 6.01. The van der Waals surface area contributed by atoms with Crippen LogP contribution in [0.1, 0.15) is 16.1 Å². The third kappa shape index (κ3) is 2.81. The number of carbonyl (C=O) groups is 1. The lowest BCUT2D eigenvalue weighted by molar-refractivity contribution is 0.0911. The molecule has 0 bridgehead atoms. The zero-order chi connectivity index (χ0) is 14.5. The van der Waals surface area contributed by atoms with Gasteiger partial charge in [0.25, 0.3) is 0 Å². The number of nitrogens with zero attached hydrogens (tertiary/aromatic N) is 2. The van der Waals surface area contributed by atoms with Gasteiger partial charge in [0.1, 0.15) is 0 Å². The minimum absolute atomic E-state index is 0.0832. The minimum atomic E-state index is -0.121. The van der Waals surface area contributed by atoms with Crippen molar-refractivity contribution in [1.82, 2.24) is 4.57 Å². The monoisotopic (exact) mass is 270 g/mol. The third-order valence-electron chi connectivity index (χ3n) is 2.88. The Balaban J connectivity index is 2.10. The fourth-order valence-corrected chi connectivity index (χ4v) is 1.82. The topological polar surface area (TPSA) is 64.2 Å². The average Bonchev–Trinajstić information content (AvgIpc) is 2.90. The summed E-state index contributed by atoms with van der Waals surface area (Å²) < 4.78 is 12.4. The number of Topliss-reactive ketones (excluding diaryl/α,β-unsaturated/α-hetero) is 1. The summed E-state index contributed by atoms with van der Waals surface area (Å²) in [6, 6.07) is 10.4. The largest absolute Gasteiger partial charge is 0.493 e. The molecule has 0 aliphatic heterocycles. The maximum absolute atomic E-state index is 12.0. The predicted octanol–water partition coefficient (Wildman–Crippen LogP) is 2.17. The van der Waals surface area contributed by atoms with Crippen LogP contribution >= 0.6 is 0 Å². The number of methoxy groups -OCH3 is 1. The fourth-order valence-electron chi connectivity index (χ4n) is 1.82. The Labute approximate surface area is 117 Å². The quantitative estimate of drug-likeness (QED) is 0.781. The molecule has 1 aromatic heterocycles. The van der Waals surface area contributed by atoms with Crippen LogP contribution in [0.5, 0.6) is 11.5 Å². The summed E-state index contributed by atoms with van der Waals surface area (Å²) in [5.74, 6) is 0.752. The number of rotatable bonds is 5. The highest BCUT2D eigenvalue weighted by Crippen LogP contribution is 2.27. The summed E-state index contributed by atoms with van der Waals surface area (Å²) in [5, 5.41) is 8.82. The smallest absolute Gasteiger partial charge is 0.216 e. The highest BCUT2D eigenvalue weighted by molar-refractivity contribution is 5.95. The summed E-state index contributed by atoms with van der Waals surface area (Å²) in [5.41, 5.74) is 1.06. The van der Waals surface area contributed by atoms with Crippen molar-refractivity contribution >= 4 is 5.78 Å². The molecule has 0 aliphatic rings. The van der Waals surface area contributed by atoms with Crippen molar-refractivity contribution in [3.05, 3.63) is 47.8 Å². The summed E-state index contributed by atoms with van der Waals surface area (Å²) >= 11 is 0. The molecule has 2 aromatic rings. The second-order valence-corrected chi connectivity index (χ2v) is 4.19. The molecular formula is C15H14N2O3. The molecular weight excluding hydrogens is 256 g/mol. The van der Waals surface area contributed by atoms with Gasteiger partial charge in [0.05, 0.1) is 24.4 Å². The molecule has 1 heterocycles. The Hall–Kier alpha value is -2.74. The zero-order valence-electron chi connectivity index (χ0n) is 11.3. The van der Waals surface area contributed by atoms with E-state index in [4.69, 9.17) is 14.7 Å². The van der Waals surface area contributed by atoms with Gasteiger partial charge in [-0.25, -0.2) is 0 Å². The van der Waals surface area contributed by atoms with Crippen molar-refractivity contribution in [2.24, 2.45) is 7.05 Å². The molecule has 0 saturated carbocycles. The number of carbonyl (C=O) groups excluding carboxylic acids is 1. The highest BCUT2D eigenvalue weighted by atomic mass is 16.5. The van der Waals surface area contributed by atoms with Crippen LogP contribution in [0.2, 0.25) is 0 Å². The molecule has 0 fully saturated rings. The predicted molar refractivity (Wildman–Crippen MR) is 72.9 cm³/mol. The van der Waals surface area contributed by atoms with Gasteiger partial charge in [-0.2, -0.15) is 5.26 Å². The molecule has 0 atom stereocenters. The van der Waals surface area contributed by atoms with Crippen molar-refractivity contribution in [3.8, 4) is 17.6 Å². The minimum Gasteiger partial charge on any atom is -0.493 e. The molecule has 0 radical (unpaired) electrons. The van der Waals surface area contributed by atoms with Crippen LogP contribution in [0.25, 0.3) is 0 Å². The van der Waals surface area contributed by atoms with E-state index in [0.29, 0.717) is 22.8 Å². The number of aryl methyl sites for hydroxylation is 1. The van der Waals surface area contributed by atoms with Gasteiger partial charge in [0, 0.05) is 19.3 Å². The van der Waals surface area contributed by atoms with Gasteiger partial charge in [0.15, 0.2) is 18.1 Å². The van der Waals surface area contributed by atoms with E-state index >= 15 is 0 Å². The van der Waals surface area contributed by atoms with Gasteiger partial charge < -0.3 is 14.0 Å². The Kier molecular flexibility index (Phi) is 4.06. The third-order valence-corrected chi connectivity index (χ3v) is 2.88. The van der Waals surface area contributed by atoms with Crippen molar-refractivity contribution in [1.29, 1.82) is 5.26 Å². The van der Waals surface area contributed by atoms with Crippen LogP contribution in [-0.2, 0) is 7.05 Å². The average molecular weight is 270 g/mol. The Morgan fingerprint density at radius 1 is 1.35 bits per heavy atom. The van der Waals surface area contributed by atoms with Crippen molar-refractivity contribution in [2.45, 2.75) is 0 Å². The molecule has 0 aliphatic carbocycles. The molecule has 102 valence electrons. The van der Waals surface area contributed by atoms with E-state index in [1.165, 1.54) is 7.11 Å². The number of benzene rings is 1. The number of ketones is 1. The molecule has 0 spiro atoms. The standard InChI is InChI=1S/C15H14N2O3/c1-17-7-3-4-12(17)13(18)10-20-14-6-5-11(9-16)8-15(14)19-2/h3-8H,10H2,1-2H3. The van der Waals surface area contributed by atoms with E-state index in [2.05, 4.69) is 0 Å². The van der Waals surface area contributed by atoms with Crippen LogP contribution in [0.4, 0.5) is 0 Å². The summed E-state index contributed by atoms with van der Waals surface area (Å²) in [4.78, 5) is 12.0. The first-order chi connectivity index (χ1) is 9.65. The van der Waals surface area contributed by atoms with Gasteiger partial charge >= 0.3 is 0 Å². The van der Waals surface area contributed by atoms with Gasteiger partial charge in [-0.05, 0) is 24.3 Å². The molecule has 0 amide bonds. The van der Waals surface area contributed by atoms with Crippen LogP contribution in [0.3, 0.4) is 0 Å². The highest BCUT2D eigenvalue weighted by Gasteiger charge is 2.12. The zero-order valence-corrected chi connectivity index (χ0v) is 11.3. The van der Waals surface area contributed by atoms with Crippen LogP contribution in [-0.4, -0.2) is 24.1 Å². The number of hydrogen-bond acceptors (Lipinski definition) is 4. The number of ether oxygens (including phenoxy) is 2. The summed E-state index contributed by atoms with van der Waals surface area (Å²) in [6.45, 7) is -0.0832. The maximum atomic E-state index is 12.0. The van der Waals surface area contributed by atoms with Crippen molar-refractivity contribution < 1.29 is 14.3 Å². The molecule has 20 heavy (non-hydrogen) atoms. The molecule has 0 N–H and O–H groups in total. The summed E-state index contributed by atoms with van der Waals surface area (Å²) in [7, 11) is 3.29. The number of aromatic nitrogens is 1. The lowest BCUT2D eigenvalue weighted by Crippen LogP contribution is -2.15. The molecule has 2 rings (SSSR count). The van der Waals surface area contributed by atoms with E-state index in [-0.39, 0.29) is 12.4 Å². The van der Waals surface area contributed by atoms with Crippen molar-refractivity contribution in [3.63, 3.8) is 0 Å².